The first-order valence-corrected chi connectivity index (χ1v) is 10.6. The van der Waals surface area contributed by atoms with E-state index in [1.807, 2.05) is 50.6 Å². The number of amides is 2. The molecule has 2 amide bonds. The van der Waals surface area contributed by atoms with Gasteiger partial charge in [-0.15, -0.1) is 0 Å². The predicted octanol–water partition coefficient (Wildman–Crippen LogP) is 3.79. The van der Waals surface area contributed by atoms with Gasteiger partial charge in [-0.1, -0.05) is 6.07 Å². The normalized spacial score (nSPS) is 11.1. The molecule has 0 bridgehead atoms. The third-order valence-electron chi connectivity index (χ3n) is 5.13. The van der Waals surface area contributed by atoms with Gasteiger partial charge < -0.3 is 20.4 Å². The number of carbonyl (C=O) groups is 1. The molecule has 0 atom stereocenters. The van der Waals surface area contributed by atoms with Gasteiger partial charge in [-0.2, -0.15) is 5.10 Å². The SMILES string of the molecule is CN(C)Cc1ccc(NCc2[nH]nc3ccc(-c4cncc(NC(=O)N(C)C)c4)cc23)cn1. The summed E-state index contributed by atoms with van der Waals surface area (Å²) in [5.74, 6) is 0. The van der Waals surface area contributed by atoms with Crippen molar-refractivity contribution in [2.45, 2.75) is 13.1 Å². The maximum Gasteiger partial charge on any atom is 0.321 e. The molecule has 0 saturated heterocycles. The number of aromatic nitrogens is 4. The molecule has 3 aromatic heterocycles. The largest absolute Gasteiger partial charge is 0.378 e. The van der Waals surface area contributed by atoms with E-state index in [1.165, 1.54) is 4.90 Å². The summed E-state index contributed by atoms with van der Waals surface area (Å²) < 4.78 is 0. The molecule has 0 spiro atoms. The summed E-state index contributed by atoms with van der Waals surface area (Å²) in [6.07, 6.45) is 5.27. The predicted molar refractivity (Wildman–Crippen MR) is 131 cm³/mol. The minimum absolute atomic E-state index is 0.197. The van der Waals surface area contributed by atoms with E-state index in [9.17, 15) is 4.79 Å². The fraction of sp³-hybridized carbons (Fsp3) is 0.250. The summed E-state index contributed by atoms with van der Waals surface area (Å²) in [6, 6.07) is 11.8. The Morgan fingerprint density at radius 1 is 0.970 bits per heavy atom. The molecule has 4 aromatic rings. The van der Waals surface area contributed by atoms with Crippen LogP contribution in [0.2, 0.25) is 0 Å². The number of pyridine rings is 2. The van der Waals surface area contributed by atoms with Crippen LogP contribution in [0.5, 0.6) is 0 Å². The van der Waals surface area contributed by atoms with Crippen LogP contribution in [0.4, 0.5) is 16.2 Å². The topological polar surface area (TPSA) is 102 Å². The first kappa shape index (κ1) is 22.2. The van der Waals surface area contributed by atoms with Gasteiger partial charge in [0.05, 0.1) is 47.2 Å². The number of H-pyrrole nitrogens is 1. The summed E-state index contributed by atoms with van der Waals surface area (Å²) >= 11 is 0. The lowest BCUT2D eigenvalue weighted by atomic mass is 10.0. The Kier molecular flexibility index (Phi) is 6.50. The van der Waals surface area contributed by atoms with Crippen LogP contribution < -0.4 is 10.6 Å². The molecule has 3 heterocycles. The maximum absolute atomic E-state index is 12.0. The highest BCUT2D eigenvalue weighted by Crippen LogP contribution is 2.27. The molecular formula is C24H28N8O. The van der Waals surface area contributed by atoms with Crippen LogP contribution in [0, 0.1) is 0 Å². The molecule has 3 N–H and O–H groups in total. The lowest BCUT2D eigenvalue weighted by molar-refractivity contribution is 0.230. The zero-order chi connectivity index (χ0) is 23.4. The van der Waals surface area contributed by atoms with E-state index in [-0.39, 0.29) is 6.03 Å². The molecule has 0 unspecified atom stereocenters. The van der Waals surface area contributed by atoms with Crippen molar-refractivity contribution in [1.29, 1.82) is 0 Å². The number of nitrogens with zero attached hydrogens (tertiary/aromatic N) is 5. The van der Waals surface area contributed by atoms with Crippen molar-refractivity contribution in [1.82, 2.24) is 30.0 Å². The maximum atomic E-state index is 12.0. The minimum Gasteiger partial charge on any atom is -0.378 e. The molecule has 0 aliphatic heterocycles. The van der Waals surface area contributed by atoms with Gasteiger partial charge in [0, 0.05) is 37.8 Å². The fourth-order valence-corrected chi connectivity index (χ4v) is 3.42. The number of carbonyl (C=O) groups excluding carboxylic acids is 1. The highest BCUT2D eigenvalue weighted by Gasteiger charge is 2.10. The monoisotopic (exact) mass is 444 g/mol. The van der Waals surface area contributed by atoms with E-state index in [1.54, 1.807) is 26.5 Å². The fourth-order valence-electron chi connectivity index (χ4n) is 3.42. The minimum atomic E-state index is -0.197. The molecule has 1 aromatic carbocycles. The Hall–Kier alpha value is -3.98. The van der Waals surface area contributed by atoms with Gasteiger partial charge in [-0.05, 0) is 50.0 Å². The van der Waals surface area contributed by atoms with E-state index in [0.717, 1.165) is 45.6 Å². The summed E-state index contributed by atoms with van der Waals surface area (Å²) in [5.41, 5.74) is 6.40. The zero-order valence-corrected chi connectivity index (χ0v) is 19.3. The Labute approximate surface area is 192 Å². The Balaban J connectivity index is 1.51. The van der Waals surface area contributed by atoms with Crippen molar-refractivity contribution in [3.05, 3.63) is 66.4 Å². The molecule has 0 aliphatic rings. The number of fused-ring (bicyclic) bond motifs is 1. The number of hydrogen-bond donors (Lipinski definition) is 3. The average Bonchev–Trinajstić information content (AvgIpc) is 3.20. The standard InChI is InChI=1S/C24H28N8O/c1-31(2)15-19-7-6-18(13-26-19)27-14-23-21-10-16(5-8-22(21)29-30-23)17-9-20(12-25-11-17)28-24(33)32(3)4/h5-13,27H,14-15H2,1-4H3,(H,28,33)(H,29,30). The molecule has 0 radical (unpaired) electrons. The van der Waals surface area contributed by atoms with Crippen molar-refractivity contribution in [3.63, 3.8) is 0 Å². The second-order valence-electron chi connectivity index (χ2n) is 8.35. The van der Waals surface area contributed by atoms with Crippen molar-refractivity contribution < 1.29 is 4.79 Å². The Bertz CT molecular complexity index is 1250. The van der Waals surface area contributed by atoms with Gasteiger partial charge in [-0.3, -0.25) is 15.1 Å². The third-order valence-corrected chi connectivity index (χ3v) is 5.13. The van der Waals surface area contributed by atoms with Crippen LogP contribution in [0.15, 0.2) is 55.0 Å². The van der Waals surface area contributed by atoms with Crippen LogP contribution in [0.3, 0.4) is 0 Å². The van der Waals surface area contributed by atoms with Crippen molar-refractivity contribution in [2.24, 2.45) is 0 Å². The van der Waals surface area contributed by atoms with Crippen LogP contribution in [0.25, 0.3) is 22.0 Å². The lowest BCUT2D eigenvalue weighted by Crippen LogP contribution is -2.27. The number of nitrogens with one attached hydrogen (secondary N) is 3. The number of hydrogen-bond acceptors (Lipinski definition) is 6. The van der Waals surface area contributed by atoms with Crippen LogP contribution >= 0.6 is 0 Å². The van der Waals surface area contributed by atoms with Crippen LogP contribution in [-0.2, 0) is 13.1 Å². The third kappa shape index (κ3) is 5.45. The van der Waals surface area contributed by atoms with Gasteiger partial charge in [0.15, 0.2) is 0 Å². The molecule has 0 fully saturated rings. The first-order valence-electron chi connectivity index (χ1n) is 10.6. The second kappa shape index (κ2) is 9.66. The van der Waals surface area contributed by atoms with Crippen LogP contribution in [0.1, 0.15) is 11.4 Å². The highest BCUT2D eigenvalue weighted by atomic mass is 16.2. The summed E-state index contributed by atoms with van der Waals surface area (Å²) in [4.78, 5) is 24.3. The molecule has 9 nitrogen and oxygen atoms in total. The Morgan fingerprint density at radius 3 is 2.55 bits per heavy atom. The molecular weight excluding hydrogens is 416 g/mol. The highest BCUT2D eigenvalue weighted by molar-refractivity contribution is 5.90. The molecule has 9 heteroatoms. The van der Waals surface area contributed by atoms with Gasteiger partial charge >= 0.3 is 6.03 Å². The number of urea groups is 1. The van der Waals surface area contributed by atoms with Gasteiger partial charge in [0.2, 0.25) is 0 Å². The number of aromatic amines is 1. The molecule has 170 valence electrons. The molecule has 0 aliphatic carbocycles. The van der Waals surface area contributed by atoms with Gasteiger partial charge in [0.1, 0.15) is 0 Å². The van der Waals surface area contributed by atoms with Crippen molar-refractivity contribution in [3.8, 4) is 11.1 Å². The van der Waals surface area contributed by atoms with Gasteiger partial charge in [0.25, 0.3) is 0 Å². The number of benzene rings is 1. The number of rotatable bonds is 7. The summed E-state index contributed by atoms with van der Waals surface area (Å²) in [7, 11) is 7.45. The van der Waals surface area contributed by atoms with Gasteiger partial charge in [-0.25, -0.2) is 4.79 Å². The Morgan fingerprint density at radius 2 is 1.82 bits per heavy atom. The molecule has 0 saturated carbocycles. The average molecular weight is 445 g/mol. The summed E-state index contributed by atoms with van der Waals surface area (Å²) in [5, 5.41) is 14.8. The number of anilines is 2. The zero-order valence-electron chi connectivity index (χ0n) is 19.3. The van der Waals surface area contributed by atoms with E-state index in [2.05, 4.69) is 41.8 Å². The molecule has 4 rings (SSSR count). The first-order chi connectivity index (χ1) is 15.9. The quantitative estimate of drug-likeness (QED) is 0.401. The van der Waals surface area contributed by atoms with E-state index < -0.39 is 0 Å². The smallest absolute Gasteiger partial charge is 0.321 e. The lowest BCUT2D eigenvalue weighted by Gasteiger charge is -2.12. The van der Waals surface area contributed by atoms with E-state index in [0.29, 0.717) is 12.2 Å². The second-order valence-corrected chi connectivity index (χ2v) is 8.35. The molecule has 33 heavy (non-hydrogen) atoms. The summed E-state index contributed by atoms with van der Waals surface area (Å²) in [6.45, 7) is 1.40. The van der Waals surface area contributed by atoms with E-state index in [4.69, 9.17) is 0 Å². The van der Waals surface area contributed by atoms with E-state index >= 15 is 0 Å². The van der Waals surface area contributed by atoms with Crippen molar-refractivity contribution in [2.75, 3.05) is 38.8 Å². The van der Waals surface area contributed by atoms with Crippen LogP contribution in [-0.4, -0.2) is 64.2 Å². The van der Waals surface area contributed by atoms with Crippen molar-refractivity contribution >= 4 is 28.3 Å².